The van der Waals surface area contributed by atoms with Gasteiger partial charge in [-0.25, -0.2) is 14.5 Å². The second kappa shape index (κ2) is 6.40. The molecule has 0 fully saturated rings. The molecule has 4 aromatic rings. The fourth-order valence-corrected chi connectivity index (χ4v) is 2.98. The molecule has 2 aromatic heterocycles. The van der Waals surface area contributed by atoms with Crippen LogP contribution in [-0.2, 0) is 6.54 Å². The number of rotatable bonds is 4. The molecular formula is C20H16N4O2. The zero-order valence-electron chi connectivity index (χ0n) is 14.1. The van der Waals surface area contributed by atoms with E-state index in [9.17, 15) is 9.90 Å². The number of fused-ring (bicyclic) bond motifs is 1. The van der Waals surface area contributed by atoms with Gasteiger partial charge in [0.15, 0.2) is 0 Å². The van der Waals surface area contributed by atoms with Crippen LogP contribution in [0.5, 0.6) is 0 Å². The SMILES string of the molecule is Cc1c(-c2cc(C(=O)O)c3ccccc3n2)nnn1Cc1ccccc1. The summed E-state index contributed by atoms with van der Waals surface area (Å²) in [6.07, 6.45) is 0. The van der Waals surface area contributed by atoms with E-state index in [0.717, 1.165) is 11.3 Å². The molecule has 0 amide bonds. The van der Waals surface area contributed by atoms with E-state index in [1.54, 1.807) is 28.9 Å². The number of aromatic carboxylic acids is 1. The number of hydrogen-bond donors (Lipinski definition) is 1. The zero-order chi connectivity index (χ0) is 18.1. The predicted molar refractivity (Wildman–Crippen MR) is 98.0 cm³/mol. The van der Waals surface area contributed by atoms with Crippen molar-refractivity contribution in [1.29, 1.82) is 0 Å². The average Bonchev–Trinajstić information content (AvgIpc) is 3.02. The summed E-state index contributed by atoms with van der Waals surface area (Å²) in [4.78, 5) is 16.3. The molecule has 0 atom stereocenters. The maximum absolute atomic E-state index is 11.7. The van der Waals surface area contributed by atoms with Gasteiger partial charge in [0.25, 0.3) is 0 Å². The number of para-hydroxylation sites is 1. The monoisotopic (exact) mass is 344 g/mol. The van der Waals surface area contributed by atoms with Crippen molar-refractivity contribution in [3.8, 4) is 11.4 Å². The van der Waals surface area contributed by atoms with Gasteiger partial charge in [-0.15, -0.1) is 5.10 Å². The van der Waals surface area contributed by atoms with Crippen molar-refractivity contribution in [3.63, 3.8) is 0 Å². The summed E-state index contributed by atoms with van der Waals surface area (Å²) < 4.78 is 1.79. The van der Waals surface area contributed by atoms with Crippen LogP contribution in [0.1, 0.15) is 21.6 Å². The summed E-state index contributed by atoms with van der Waals surface area (Å²) in [5, 5.41) is 18.6. The molecule has 0 unspecified atom stereocenters. The van der Waals surface area contributed by atoms with Crippen LogP contribution in [0.25, 0.3) is 22.3 Å². The summed E-state index contributed by atoms with van der Waals surface area (Å²) >= 11 is 0. The van der Waals surface area contributed by atoms with Crippen molar-refractivity contribution in [3.05, 3.63) is 77.5 Å². The molecule has 0 spiro atoms. The summed E-state index contributed by atoms with van der Waals surface area (Å²) in [7, 11) is 0. The molecule has 4 rings (SSSR count). The Morgan fingerprint density at radius 3 is 2.58 bits per heavy atom. The van der Waals surface area contributed by atoms with E-state index < -0.39 is 5.97 Å². The number of aromatic nitrogens is 4. The Labute approximate surface area is 149 Å². The Bertz CT molecular complexity index is 1100. The number of pyridine rings is 1. The van der Waals surface area contributed by atoms with Crippen LogP contribution in [0.15, 0.2) is 60.7 Å². The molecular weight excluding hydrogens is 328 g/mol. The smallest absolute Gasteiger partial charge is 0.336 e. The van der Waals surface area contributed by atoms with Gasteiger partial charge in [-0.3, -0.25) is 0 Å². The number of carboxylic acids is 1. The van der Waals surface area contributed by atoms with E-state index in [-0.39, 0.29) is 5.56 Å². The van der Waals surface area contributed by atoms with Gasteiger partial charge >= 0.3 is 5.97 Å². The summed E-state index contributed by atoms with van der Waals surface area (Å²) in [5.41, 5.74) is 3.90. The van der Waals surface area contributed by atoms with E-state index in [4.69, 9.17) is 0 Å². The molecule has 0 saturated carbocycles. The standard InChI is InChI=1S/C20H16N4O2/c1-13-19(22-23-24(13)12-14-7-3-2-4-8-14)18-11-16(20(25)26)15-9-5-6-10-17(15)21-18/h2-11H,12H2,1H3,(H,25,26). The van der Waals surface area contributed by atoms with Gasteiger partial charge in [-0.2, -0.15) is 0 Å². The fraction of sp³-hybridized carbons (Fsp3) is 0.100. The largest absolute Gasteiger partial charge is 0.478 e. The van der Waals surface area contributed by atoms with Crippen LogP contribution in [0, 0.1) is 6.92 Å². The molecule has 2 heterocycles. The Morgan fingerprint density at radius 2 is 1.81 bits per heavy atom. The Balaban J connectivity index is 1.80. The maximum Gasteiger partial charge on any atom is 0.336 e. The summed E-state index contributed by atoms with van der Waals surface area (Å²) in [6.45, 7) is 2.51. The lowest BCUT2D eigenvalue weighted by Crippen LogP contribution is -2.04. The third-order valence-corrected chi connectivity index (χ3v) is 4.35. The molecule has 0 bridgehead atoms. The first kappa shape index (κ1) is 16.0. The highest BCUT2D eigenvalue weighted by Crippen LogP contribution is 2.25. The second-order valence-corrected chi connectivity index (χ2v) is 6.04. The quantitative estimate of drug-likeness (QED) is 0.612. The number of carbonyl (C=O) groups is 1. The van der Waals surface area contributed by atoms with Crippen LogP contribution in [-0.4, -0.2) is 31.1 Å². The Kier molecular flexibility index (Phi) is 3.93. The molecule has 0 aliphatic rings. The molecule has 0 saturated heterocycles. The first-order valence-electron chi connectivity index (χ1n) is 8.21. The van der Waals surface area contributed by atoms with Gasteiger partial charge < -0.3 is 5.11 Å². The Morgan fingerprint density at radius 1 is 1.08 bits per heavy atom. The Hall–Kier alpha value is -3.54. The normalized spacial score (nSPS) is 11.0. The van der Waals surface area contributed by atoms with E-state index in [1.165, 1.54) is 0 Å². The maximum atomic E-state index is 11.7. The van der Waals surface area contributed by atoms with Gasteiger partial charge in [0.1, 0.15) is 5.69 Å². The highest BCUT2D eigenvalue weighted by Gasteiger charge is 2.17. The topological polar surface area (TPSA) is 80.9 Å². The molecule has 0 aliphatic carbocycles. The van der Waals surface area contributed by atoms with Gasteiger partial charge in [-0.05, 0) is 24.6 Å². The van der Waals surface area contributed by atoms with Gasteiger partial charge in [-0.1, -0.05) is 53.7 Å². The van der Waals surface area contributed by atoms with E-state index >= 15 is 0 Å². The molecule has 2 aromatic carbocycles. The summed E-state index contributed by atoms with van der Waals surface area (Å²) in [5.74, 6) is -0.987. The summed E-state index contributed by atoms with van der Waals surface area (Å²) in [6, 6.07) is 18.7. The highest BCUT2D eigenvalue weighted by atomic mass is 16.4. The number of carboxylic acid groups (broad SMARTS) is 1. The van der Waals surface area contributed by atoms with Crippen LogP contribution >= 0.6 is 0 Å². The number of hydrogen-bond acceptors (Lipinski definition) is 4. The van der Waals surface area contributed by atoms with Crippen molar-refractivity contribution in [2.24, 2.45) is 0 Å². The average molecular weight is 344 g/mol. The zero-order valence-corrected chi connectivity index (χ0v) is 14.1. The number of nitrogens with zero attached hydrogens (tertiary/aromatic N) is 4. The van der Waals surface area contributed by atoms with Gasteiger partial charge in [0, 0.05) is 5.39 Å². The fourth-order valence-electron chi connectivity index (χ4n) is 2.98. The van der Waals surface area contributed by atoms with Gasteiger partial charge in [0.05, 0.1) is 29.0 Å². The van der Waals surface area contributed by atoms with Gasteiger partial charge in [0.2, 0.25) is 0 Å². The van der Waals surface area contributed by atoms with Crippen LogP contribution in [0.3, 0.4) is 0 Å². The molecule has 26 heavy (non-hydrogen) atoms. The van der Waals surface area contributed by atoms with Crippen molar-refractivity contribution in [2.45, 2.75) is 13.5 Å². The minimum atomic E-state index is -0.987. The highest BCUT2D eigenvalue weighted by molar-refractivity contribution is 6.03. The molecule has 6 heteroatoms. The van der Waals surface area contributed by atoms with E-state index in [0.29, 0.717) is 28.8 Å². The molecule has 1 N–H and O–H groups in total. The minimum absolute atomic E-state index is 0.211. The third-order valence-electron chi connectivity index (χ3n) is 4.35. The van der Waals surface area contributed by atoms with Crippen molar-refractivity contribution < 1.29 is 9.90 Å². The van der Waals surface area contributed by atoms with E-state index in [2.05, 4.69) is 15.3 Å². The van der Waals surface area contributed by atoms with Crippen LogP contribution in [0.4, 0.5) is 0 Å². The minimum Gasteiger partial charge on any atom is -0.478 e. The second-order valence-electron chi connectivity index (χ2n) is 6.04. The van der Waals surface area contributed by atoms with Crippen molar-refractivity contribution in [1.82, 2.24) is 20.0 Å². The molecule has 6 nitrogen and oxygen atoms in total. The number of benzene rings is 2. The first-order chi connectivity index (χ1) is 12.6. The lowest BCUT2D eigenvalue weighted by atomic mass is 10.1. The van der Waals surface area contributed by atoms with Crippen molar-refractivity contribution in [2.75, 3.05) is 0 Å². The lowest BCUT2D eigenvalue weighted by molar-refractivity contribution is 0.0699. The first-order valence-corrected chi connectivity index (χ1v) is 8.21. The molecule has 0 radical (unpaired) electrons. The molecule has 128 valence electrons. The lowest BCUT2D eigenvalue weighted by Gasteiger charge is -2.07. The van der Waals surface area contributed by atoms with Crippen LogP contribution < -0.4 is 0 Å². The van der Waals surface area contributed by atoms with E-state index in [1.807, 2.05) is 43.3 Å². The third kappa shape index (κ3) is 2.82. The molecule has 0 aliphatic heterocycles. The van der Waals surface area contributed by atoms with Crippen LogP contribution in [0.2, 0.25) is 0 Å². The predicted octanol–water partition coefficient (Wildman–Crippen LogP) is 3.55. The van der Waals surface area contributed by atoms with Crippen molar-refractivity contribution >= 4 is 16.9 Å².